The Labute approximate surface area is 167 Å². The number of nitrogens with two attached hydrogens (primary N) is 1. The summed E-state index contributed by atoms with van der Waals surface area (Å²) in [6.45, 7) is 3.71. The molecule has 0 bridgehead atoms. The molecule has 3 aromatic rings. The van der Waals surface area contributed by atoms with Gasteiger partial charge in [0.1, 0.15) is 5.82 Å². The first kappa shape index (κ1) is 19.4. The van der Waals surface area contributed by atoms with Crippen LogP contribution in [0.15, 0.2) is 42.7 Å². The Hall–Kier alpha value is -2.97. The van der Waals surface area contributed by atoms with Crippen molar-refractivity contribution in [3.8, 4) is 11.1 Å². The lowest BCUT2D eigenvalue weighted by atomic mass is 9.85. The summed E-state index contributed by atoms with van der Waals surface area (Å²) in [6.07, 6.45) is 1.74. The molecule has 5 N–H and O–H groups in total. The number of aromatic nitrogens is 2. The van der Waals surface area contributed by atoms with E-state index in [-0.39, 0.29) is 17.4 Å². The van der Waals surface area contributed by atoms with Crippen LogP contribution in [0.5, 0.6) is 0 Å². The number of hydrogen-bond acceptors (Lipinski definition) is 5. The van der Waals surface area contributed by atoms with Crippen LogP contribution in [0, 0.1) is 11.2 Å². The van der Waals surface area contributed by atoms with E-state index >= 15 is 0 Å². The molecule has 1 fully saturated rings. The van der Waals surface area contributed by atoms with Crippen LogP contribution in [0.2, 0.25) is 0 Å². The number of nitrogens with zero attached hydrogens (tertiary/aromatic N) is 2. The number of aliphatic hydroxyl groups excluding tert-OH is 2. The van der Waals surface area contributed by atoms with E-state index in [1.165, 1.54) is 18.3 Å². The Balaban J connectivity index is 1.81. The Morgan fingerprint density at radius 3 is 2.55 bits per heavy atom. The summed E-state index contributed by atoms with van der Waals surface area (Å²) in [5, 5.41) is 28.0. The highest BCUT2D eigenvalue weighted by molar-refractivity contribution is 6.02. The highest BCUT2D eigenvalue weighted by Crippen LogP contribution is 2.41. The predicted molar refractivity (Wildman–Crippen MR) is 107 cm³/mol. The normalized spacial score (nSPS) is 23.4. The number of carbonyl (C=O) groups is 1. The second-order valence-electron chi connectivity index (χ2n) is 8.13. The predicted octanol–water partition coefficient (Wildman–Crippen LogP) is 2.17. The number of amides is 1. The van der Waals surface area contributed by atoms with Crippen LogP contribution < -0.4 is 11.1 Å². The average Bonchev–Trinajstić information content (AvgIpc) is 3.18. The third-order valence-electron chi connectivity index (χ3n) is 5.90. The SMILES string of the molecule is CC1(C)[C@H](O)[C@H](O)C[C@H]1Nc1c(C(N)=O)cnn2cc(-c3ccc(F)cc3)cc12. The fraction of sp³-hybridized carbons (Fsp3) is 0.333. The van der Waals surface area contributed by atoms with Crippen molar-refractivity contribution in [2.75, 3.05) is 5.32 Å². The van der Waals surface area contributed by atoms with Gasteiger partial charge in [0.25, 0.3) is 5.91 Å². The number of anilines is 1. The van der Waals surface area contributed by atoms with Crippen LogP contribution in [-0.2, 0) is 0 Å². The molecule has 1 aliphatic rings. The average molecular weight is 398 g/mol. The zero-order valence-corrected chi connectivity index (χ0v) is 16.1. The van der Waals surface area contributed by atoms with Gasteiger partial charge in [0, 0.05) is 23.2 Å². The highest BCUT2D eigenvalue weighted by Gasteiger charge is 2.48. The summed E-state index contributed by atoms with van der Waals surface area (Å²) >= 11 is 0. The highest BCUT2D eigenvalue weighted by atomic mass is 19.1. The second-order valence-corrected chi connectivity index (χ2v) is 8.13. The van der Waals surface area contributed by atoms with Crippen molar-refractivity contribution >= 4 is 17.1 Å². The van der Waals surface area contributed by atoms with Gasteiger partial charge in [-0.15, -0.1) is 0 Å². The van der Waals surface area contributed by atoms with Crippen molar-refractivity contribution in [2.45, 2.75) is 38.5 Å². The maximum atomic E-state index is 13.3. The largest absolute Gasteiger partial charge is 0.390 e. The number of benzene rings is 1. The van der Waals surface area contributed by atoms with Crippen molar-refractivity contribution < 1.29 is 19.4 Å². The summed E-state index contributed by atoms with van der Waals surface area (Å²) in [5.74, 6) is -0.960. The van der Waals surface area contributed by atoms with Crippen LogP contribution in [-0.4, -0.2) is 44.0 Å². The number of carbonyl (C=O) groups excluding carboxylic acids is 1. The molecule has 0 radical (unpaired) electrons. The molecule has 3 atom stereocenters. The molecule has 0 unspecified atom stereocenters. The molecule has 0 aliphatic heterocycles. The molecule has 152 valence electrons. The van der Waals surface area contributed by atoms with E-state index in [2.05, 4.69) is 10.4 Å². The third-order valence-corrected chi connectivity index (χ3v) is 5.90. The van der Waals surface area contributed by atoms with Crippen LogP contribution in [0.4, 0.5) is 10.1 Å². The molecule has 29 heavy (non-hydrogen) atoms. The van der Waals surface area contributed by atoms with Crippen molar-refractivity contribution in [3.63, 3.8) is 0 Å². The number of rotatable bonds is 4. The smallest absolute Gasteiger partial charge is 0.252 e. The fourth-order valence-electron chi connectivity index (χ4n) is 3.99. The molecule has 7 nitrogen and oxygen atoms in total. The van der Waals surface area contributed by atoms with Crippen LogP contribution >= 0.6 is 0 Å². The quantitative estimate of drug-likeness (QED) is 0.538. The number of hydrogen-bond donors (Lipinski definition) is 4. The van der Waals surface area contributed by atoms with E-state index in [1.54, 1.807) is 22.8 Å². The van der Waals surface area contributed by atoms with E-state index < -0.39 is 23.5 Å². The zero-order valence-electron chi connectivity index (χ0n) is 16.1. The molecule has 4 rings (SSSR count). The maximum absolute atomic E-state index is 13.3. The molecule has 1 aliphatic carbocycles. The molecular weight excluding hydrogens is 375 g/mol. The molecule has 1 saturated carbocycles. The second kappa shape index (κ2) is 6.82. The molecule has 2 aromatic heterocycles. The minimum Gasteiger partial charge on any atom is -0.390 e. The van der Waals surface area contributed by atoms with Crippen molar-refractivity contribution in [1.82, 2.24) is 9.61 Å². The van der Waals surface area contributed by atoms with Gasteiger partial charge in [-0.1, -0.05) is 26.0 Å². The molecule has 1 amide bonds. The van der Waals surface area contributed by atoms with E-state index in [0.29, 0.717) is 17.6 Å². The number of halogens is 1. The van der Waals surface area contributed by atoms with Gasteiger partial charge in [0.05, 0.1) is 35.2 Å². The first-order valence-corrected chi connectivity index (χ1v) is 9.38. The van der Waals surface area contributed by atoms with Gasteiger partial charge in [-0.25, -0.2) is 8.91 Å². The third kappa shape index (κ3) is 3.24. The Kier molecular flexibility index (Phi) is 4.55. The van der Waals surface area contributed by atoms with Gasteiger partial charge in [-0.05, 0) is 30.2 Å². The van der Waals surface area contributed by atoms with Gasteiger partial charge < -0.3 is 21.3 Å². The molecule has 0 saturated heterocycles. The van der Waals surface area contributed by atoms with E-state index in [0.717, 1.165) is 11.1 Å². The van der Waals surface area contributed by atoms with Crippen molar-refractivity contribution in [2.24, 2.45) is 11.1 Å². The Bertz CT molecular complexity index is 1080. The maximum Gasteiger partial charge on any atom is 0.252 e. The number of aliphatic hydroxyl groups is 2. The lowest BCUT2D eigenvalue weighted by Gasteiger charge is -2.31. The number of fused-ring (bicyclic) bond motifs is 1. The van der Waals surface area contributed by atoms with Gasteiger partial charge in [-0.2, -0.15) is 5.10 Å². The Morgan fingerprint density at radius 1 is 1.28 bits per heavy atom. The van der Waals surface area contributed by atoms with E-state index in [9.17, 15) is 19.4 Å². The molecule has 2 heterocycles. The summed E-state index contributed by atoms with van der Waals surface area (Å²) in [5.41, 5.74) is 7.86. The standard InChI is InChI=1S/C21H23FN4O3/c1-21(2)17(8-16(27)19(21)28)25-18-14(20(23)29)9-24-26-10-12(7-15(18)26)11-3-5-13(22)6-4-11/h3-7,9-10,16-17,19,25,27-28H,8H2,1-2H3,(H2,23,29)/t16-,17-,19-/m1/s1. The first-order valence-electron chi connectivity index (χ1n) is 9.38. The molecular formula is C21H23FN4O3. The lowest BCUT2D eigenvalue weighted by molar-refractivity contribution is -0.00805. The van der Waals surface area contributed by atoms with Crippen molar-refractivity contribution in [3.05, 3.63) is 54.1 Å². The lowest BCUT2D eigenvalue weighted by Crippen LogP contribution is -2.39. The number of nitrogens with one attached hydrogen (secondary N) is 1. The van der Waals surface area contributed by atoms with Gasteiger partial charge in [0.15, 0.2) is 0 Å². The van der Waals surface area contributed by atoms with Gasteiger partial charge >= 0.3 is 0 Å². The number of primary amides is 1. The first-order chi connectivity index (χ1) is 13.7. The fourth-order valence-corrected chi connectivity index (χ4v) is 3.99. The summed E-state index contributed by atoms with van der Waals surface area (Å²) < 4.78 is 14.9. The topological polar surface area (TPSA) is 113 Å². The zero-order chi connectivity index (χ0) is 20.9. The molecule has 8 heteroatoms. The van der Waals surface area contributed by atoms with Gasteiger partial charge in [0.2, 0.25) is 0 Å². The van der Waals surface area contributed by atoms with Crippen LogP contribution in [0.3, 0.4) is 0 Å². The van der Waals surface area contributed by atoms with Crippen LogP contribution in [0.25, 0.3) is 16.6 Å². The Morgan fingerprint density at radius 2 is 1.97 bits per heavy atom. The monoisotopic (exact) mass is 398 g/mol. The summed E-state index contributed by atoms with van der Waals surface area (Å²) in [6, 6.07) is 7.63. The van der Waals surface area contributed by atoms with E-state index in [4.69, 9.17) is 5.73 Å². The van der Waals surface area contributed by atoms with E-state index in [1.807, 2.05) is 19.9 Å². The minimum atomic E-state index is -0.892. The summed E-state index contributed by atoms with van der Waals surface area (Å²) in [4.78, 5) is 12.0. The molecule has 1 aromatic carbocycles. The van der Waals surface area contributed by atoms with Gasteiger partial charge in [-0.3, -0.25) is 4.79 Å². The van der Waals surface area contributed by atoms with Crippen LogP contribution in [0.1, 0.15) is 30.6 Å². The minimum absolute atomic E-state index is 0.216. The van der Waals surface area contributed by atoms with Crippen molar-refractivity contribution in [1.29, 1.82) is 0 Å². The molecule has 0 spiro atoms. The summed E-state index contributed by atoms with van der Waals surface area (Å²) in [7, 11) is 0.